The molecule has 3 aromatic rings. The van der Waals surface area contributed by atoms with Crippen molar-refractivity contribution >= 4 is 16.0 Å². The van der Waals surface area contributed by atoms with Gasteiger partial charge in [0.25, 0.3) is 0 Å². The average Bonchev–Trinajstić information content (AvgIpc) is 2.78. The number of carboxylic acid groups (broad SMARTS) is 1. The molecule has 0 aliphatic heterocycles. The van der Waals surface area contributed by atoms with Crippen molar-refractivity contribution in [2.24, 2.45) is 5.92 Å². The van der Waals surface area contributed by atoms with Crippen molar-refractivity contribution in [3.05, 3.63) is 83.9 Å². The number of ether oxygens (including phenoxy) is 1. The van der Waals surface area contributed by atoms with Crippen LogP contribution in [0.3, 0.4) is 0 Å². The summed E-state index contributed by atoms with van der Waals surface area (Å²) in [5.74, 6) is -3.09. The Balaban J connectivity index is 1.69. The van der Waals surface area contributed by atoms with E-state index in [-0.39, 0.29) is 17.1 Å². The van der Waals surface area contributed by atoms with Crippen molar-refractivity contribution in [3.63, 3.8) is 0 Å². The van der Waals surface area contributed by atoms with Crippen molar-refractivity contribution in [3.8, 4) is 16.9 Å². The predicted octanol–water partition coefficient (Wildman–Crippen LogP) is 4.60. The number of carboxylic acids is 1. The number of halogens is 2. The number of nitrogens with one attached hydrogen (secondary N) is 1. The number of carbonyl (C=O) groups is 1. The van der Waals surface area contributed by atoms with E-state index < -0.39 is 39.6 Å². The van der Waals surface area contributed by atoms with E-state index in [0.29, 0.717) is 5.75 Å². The van der Waals surface area contributed by atoms with Crippen LogP contribution in [0.25, 0.3) is 11.1 Å². The van der Waals surface area contributed by atoms with Crippen LogP contribution >= 0.6 is 0 Å². The summed E-state index contributed by atoms with van der Waals surface area (Å²) >= 11 is 0. The molecule has 0 heterocycles. The van der Waals surface area contributed by atoms with E-state index in [0.717, 1.165) is 17.2 Å². The molecule has 0 unspecified atom stereocenters. The molecular weight excluding hydrogens is 452 g/mol. The number of hydrogen-bond acceptors (Lipinski definition) is 4. The van der Waals surface area contributed by atoms with Gasteiger partial charge in [0.15, 0.2) is 11.6 Å². The zero-order valence-electron chi connectivity index (χ0n) is 18.0. The maximum atomic E-state index is 13.7. The molecule has 0 bridgehead atoms. The quantitative estimate of drug-likeness (QED) is 0.472. The minimum absolute atomic E-state index is 0.0461. The lowest BCUT2D eigenvalue weighted by atomic mass is 10.1. The number of hydrogen-bond donors (Lipinski definition) is 2. The second-order valence-corrected chi connectivity index (χ2v) is 9.45. The second-order valence-electron chi connectivity index (χ2n) is 7.73. The van der Waals surface area contributed by atoms with Crippen molar-refractivity contribution in [1.29, 1.82) is 0 Å². The first-order chi connectivity index (χ1) is 15.6. The lowest BCUT2D eigenvalue weighted by Crippen LogP contribution is -2.44. The topological polar surface area (TPSA) is 92.7 Å². The summed E-state index contributed by atoms with van der Waals surface area (Å²) in [5.41, 5.74) is 1.61. The molecule has 33 heavy (non-hydrogen) atoms. The fourth-order valence-electron chi connectivity index (χ4n) is 3.10. The van der Waals surface area contributed by atoms with Crippen molar-refractivity contribution in [2.75, 3.05) is 0 Å². The molecule has 0 aliphatic carbocycles. The zero-order valence-corrected chi connectivity index (χ0v) is 18.8. The van der Waals surface area contributed by atoms with E-state index in [1.165, 1.54) is 24.3 Å². The SMILES string of the molecule is CC(C)[C@@H](NS(=O)(=O)c1ccc(-c2ccc(OCc3cccc(F)c3F)cc2)cc1)C(=O)O. The van der Waals surface area contributed by atoms with Crippen LogP contribution in [0.15, 0.2) is 71.6 Å². The van der Waals surface area contributed by atoms with Crippen LogP contribution in [0.2, 0.25) is 0 Å². The van der Waals surface area contributed by atoms with Gasteiger partial charge in [0.05, 0.1) is 4.90 Å². The van der Waals surface area contributed by atoms with Crippen LogP contribution in [0.1, 0.15) is 19.4 Å². The smallest absolute Gasteiger partial charge is 0.322 e. The highest BCUT2D eigenvalue weighted by Crippen LogP contribution is 2.25. The van der Waals surface area contributed by atoms with Gasteiger partial charge in [-0.2, -0.15) is 4.72 Å². The third kappa shape index (κ3) is 5.94. The summed E-state index contributed by atoms with van der Waals surface area (Å²) < 4.78 is 59.8. The largest absolute Gasteiger partial charge is 0.489 e. The first kappa shape index (κ1) is 24.3. The molecule has 0 saturated heterocycles. The van der Waals surface area contributed by atoms with Gasteiger partial charge in [0, 0.05) is 5.56 Å². The van der Waals surface area contributed by atoms with Gasteiger partial charge in [-0.25, -0.2) is 17.2 Å². The molecule has 3 rings (SSSR count). The van der Waals surface area contributed by atoms with E-state index in [1.54, 1.807) is 50.2 Å². The van der Waals surface area contributed by atoms with Crippen LogP contribution in [0, 0.1) is 17.6 Å². The van der Waals surface area contributed by atoms with Crippen LogP contribution in [-0.4, -0.2) is 25.5 Å². The molecule has 9 heteroatoms. The maximum Gasteiger partial charge on any atom is 0.322 e. The van der Waals surface area contributed by atoms with Crippen LogP contribution in [0.4, 0.5) is 8.78 Å². The molecule has 0 fully saturated rings. The molecule has 0 saturated carbocycles. The zero-order chi connectivity index (χ0) is 24.2. The minimum atomic E-state index is -4.00. The number of benzene rings is 3. The number of sulfonamides is 1. The normalized spacial score (nSPS) is 12.5. The van der Waals surface area contributed by atoms with Crippen LogP contribution < -0.4 is 9.46 Å². The van der Waals surface area contributed by atoms with Crippen molar-refractivity contribution in [1.82, 2.24) is 4.72 Å². The van der Waals surface area contributed by atoms with E-state index in [2.05, 4.69) is 4.72 Å². The monoisotopic (exact) mass is 475 g/mol. The van der Waals surface area contributed by atoms with Gasteiger partial charge >= 0.3 is 5.97 Å². The van der Waals surface area contributed by atoms with Crippen LogP contribution in [-0.2, 0) is 21.4 Å². The predicted molar refractivity (Wildman–Crippen MR) is 119 cm³/mol. The first-order valence-electron chi connectivity index (χ1n) is 10.1. The highest BCUT2D eigenvalue weighted by atomic mass is 32.2. The Morgan fingerprint density at radius 1 is 0.970 bits per heavy atom. The summed E-state index contributed by atoms with van der Waals surface area (Å²) in [6, 6.07) is 15.5. The summed E-state index contributed by atoms with van der Waals surface area (Å²) in [7, 11) is -4.00. The summed E-state index contributed by atoms with van der Waals surface area (Å²) in [6.45, 7) is 3.11. The number of aliphatic carboxylic acids is 1. The Morgan fingerprint density at radius 2 is 1.55 bits per heavy atom. The molecular formula is C24H23F2NO5S. The summed E-state index contributed by atoms with van der Waals surface area (Å²) in [5, 5.41) is 9.23. The fraction of sp³-hybridized carbons (Fsp3) is 0.208. The highest BCUT2D eigenvalue weighted by molar-refractivity contribution is 7.89. The van der Waals surface area contributed by atoms with Crippen LogP contribution in [0.5, 0.6) is 5.75 Å². The average molecular weight is 476 g/mol. The molecule has 0 aromatic heterocycles. The lowest BCUT2D eigenvalue weighted by Gasteiger charge is -2.18. The fourth-order valence-corrected chi connectivity index (χ4v) is 4.44. The van der Waals surface area contributed by atoms with Crippen molar-refractivity contribution in [2.45, 2.75) is 31.4 Å². The highest BCUT2D eigenvalue weighted by Gasteiger charge is 2.27. The van der Waals surface area contributed by atoms with Gasteiger partial charge < -0.3 is 9.84 Å². The second kappa shape index (κ2) is 10.1. The third-order valence-electron chi connectivity index (χ3n) is 4.99. The van der Waals surface area contributed by atoms with Crippen molar-refractivity contribution < 1.29 is 31.8 Å². The Labute approximate surface area is 190 Å². The Morgan fingerprint density at radius 3 is 2.09 bits per heavy atom. The standard InChI is InChI=1S/C24H23F2NO5S/c1-15(2)23(24(28)29)27-33(30,31)20-12-8-17(9-13-20)16-6-10-19(11-7-16)32-14-18-4-3-5-21(25)22(18)26/h3-13,15,23,27H,14H2,1-2H3,(H,28,29)/t23-/m1/s1. The Kier molecular flexibility index (Phi) is 7.45. The molecule has 0 amide bonds. The Bertz CT molecular complexity index is 1230. The van der Waals surface area contributed by atoms with E-state index in [1.807, 2.05) is 0 Å². The number of rotatable bonds is 9. The summed E-state index contributed by atoms with van der Waals surface area (Å²) in [6.07, 6.45) is 0. The van der Waals surface area contributed by atoms with Gasteiger partial charge in [-0.1, -0.05) is 50.2 Å². The minimum Gasteiger partial charge on any atom is -0.489 e. The molecule has 6 nitrogen and oxygen atoms in total. The van der Waals surface area contributed by atoms with E-state index >= 15 is 0 Å². The van der Waals surface area contributed by atoms with E-state index in [9.17, 15) is 27.1 Å². The molecule has 0 aliphatic rings. The van der Waals surface area contributed by atoms with Gasteiger partial charge in [0.1, 0.15) is 18.4 Å². The molecule has 174 valence electrons. The lowest BCUT2D eigenvalue weighted by molar-refractivity contribution is -0.140. The molecule has 1 atom stereocenters. The Hall–Kier alpha value is -3.30. The van der Waals surface area contributed by atoms with Gasteiger partial charge in [-0.15, -0.1) is 0 Å². The molecule has 0 radical (unpaired) electrons. The molecule has 3 aromatic carbocycles. The van der Waals surface area contributed by atoms with Gasteiger partial charge in [0.2, 0.25) is 10.0 Å². The maximum absolute atomic E-state index is 13.7. The van der Waals surface area contributed by atoms with E-state index in [4.69, 9.17) is 4.74 Å². The third-order valence-corrected chi connectivity index (χ3v) is 6.45. The van der Waals surface area contributed by atoms with Gasteiger partial charge in [-0.05, 0) is 47.4 Å². The van der Waals surface area contributed by atoms with Gasteiger partial charge in [-0.3, -0.25) is 4.79 Å². The molecule has 2 N–H and O–H groups in total. The summed E-state index contributed by atoms with van der Waals surface area (Å²) in [4.78, 5) is 11.3. The first-order valence-corrected chi connectivity index (χ1v) is 11.6. The molecule has 0 spiro atoms.